The molecule has 0 saturated heterocycles. The van der Waals surface area contributed by atoms with Crippen LogP contribution in [0.3, 0.4) is 0 Å². The molecule has 5 heteroatoms. The number of thiol groups is 1. The highest BCUT2D eigenvalue weighted by molar-refractivity contribution is 7.80. The van der Waals surface area contributed by atoms with Crippen LogP contribution < -0.4 is 5.32 Å². The lowest BCUT2D eigenvalue weighted by Crippen LogP contribution is -2.44. The molecule has 1 aliphatic rings. The van der Waals surface area contributed by atoms with Crippen molar-refractivity contribution < 1.29 is 14.7 Å². The predicted octanol–water partition coefficient (Wildman–Crippen LogP) is 2.85. The van der Waals surface area contributed by atoms with Crippen molar-refractivity contribution in [1.29, 1.82) is 0 Å². The van der Waals surface area contributed by atoms with Crippen LogP contribution in [0.5, 0.6) is 0 Å². The van der Waals surface area contributed by atoms with Gasteiger partial charge in [0.1, 0.15) is 6.04 Å². The predicted molar refractivity (Wildman–Crippen MR) is 93.8 cm³/mol. The number of nitrogens with one attached hydrogen (secondary N) is 1. The lowest BCUT2D eigenvalue weighted by molar-refractivity contribution is -0.142. The molecule has 0 aliphatic carbocycles. The molecule has 1 aromatic carbocycles. The Labute approximate surface area is 143 Å². The zero-order valence-electron chi connectivity index (χ0n) is 13.3. The second kappa shape index (κ2) is 8.96. The smallest absolute Gasteiger partial charge is 0.326 e. The summed E-state index contributed by atoms with van der Waals surface area (Å²) < 4.78 is 0. The highest BCUT2D eigenvalue weighted by Crippen LogP contribution is 2.17. The molecule has 1 heterocycles. The van der Waals surface area contributed by atoms with Crippen LogP contribution in [0.15, 0.2) is 24.3 Å². The standard InChI is InChI=1S/C18H25NO3S/c20-17-15(12-23)11-14-8-5-7-13(10-14)6-3-1-2-4-9-16(19-17)18(21)22/h5,7-8,10,15-16,23H,1-4,6,9,11-12H2,(H,19,20)(H,21,22)/t15?,16-/m0/s1. The van der Waals surface area contributed by atoms with Crippen LogP contribution in [0.25, 0.3) is 0 Å². The SMILES string of the molecule is O=C1N[C@H](C(=O)O)CCCCCCc2cccc(c2)CC1CS. The summed E-state index contributed by atoms with van der Waals surface area (Å²) in [5.74, 6) is -1.07. The molecular weight excluding hydrogens is 310 g/mol. The number of amides is 1. The fourth-order valence-electron chi connectivity index (χ4n) is 3.01. The Morgan fingerprint density at radius 3 is 2.70 bits per heavy atom. The van der Waals surface area contributed by atoms with Crippen molar-refractivity contribution in [2.75, 3.05) is 5.75 Å². The normalized spacial score (nSPS) is 23.6. The first kappa shape index (κ1) is 17.9. The van der Waals surface area contributed by atoms with Gasteiger partial charge in [0.15, 0.2) is 0 Å². The third kappa shape index (κ3) is 5.57. The maximum atomic E-state index is 12.4. The van der Waals surface area contributed by atoms with Crippen molar-refractivity contribution in [3.8, 4) is 0 Å². The molecule has 126 valence electrons. The number of fused-ring (bicyclic) bond motifs is 2. The lowest BCUT2D eigenvalue weighted by atomic mass is 9.95. The minimum absolute atomic E-state index is 0.213. The van der Waals surface area contributed by atoms with Crippen molar-refractivity contribution in [1.82, 2.24) is 5.32 Å². The minimum atomic E-state index is -0.953. The summed E-state index contributed by atoms with van der Waals surface area (Å²) in [5, 5.41) is 12.0. The molecule has 23 heavy (non-hydrogen) atoms. The Balaban J connectivity index is 2.17. The number of carbonyl (C=O) groups excluding carboxylic acids is 1. The first-order valence-electron chi connectivity index (χ1n) is 8.32. The van der Waals surface area contributed by atoms with Gasteiger partial charge in [-0.25, -0.2) is 4.79 Å². The van der Waals surface area contributed by atoms with Gasteiger partial charge in [-0.1, -0.05) is 43.5 Å². The van der Waals surface area contributed by atoms with Gasteiger partial charge in [-0.05, 0) is 36.8 Å². The molecule has 1 unspecified atom stereocenters. The van der Waals surface area contributed by atoms with E-state index in [-0.39, 0.29) is 11.8 Å². The molecule has 2 N–H and O–H groups in total. The molecule has 0 fully saturated rings. The maximum Gasteiger partial charge on any atom is 0.326 e. The van der Waals surface area contributed by atoms with Crippen LogP contribution in [-0.4, -0.2) is 28.8 Å². The van der Waals surface area contributed by atoms with Gasteiger partial charge in [0.25, 0.3) is 0 Å². The van der Waals surface area contributed by atoms with Crippen LogP contribution in [0.1, 0.15) is 43.2 Å². The van der Waals surface area contributed by atoms with Gasteiger partial charge in [0, 0.05) is 5.75 Å². The summed E-state index contributed by atoms with van der Waals surface area (Å²) in [4.78, 5) is 23.7. The topological polar surface area (TPSA) is 66.4 Å². The summed E-state index contributed by atoms with van der Waals surface area (Å²) >= 11 is 4.28. The average molecular weight is 335 g/mol. The molecule has 0 aromatic heterocycles. The van der Waals surface area contributed by atoms with Crippen molar-refractivity contribution >= 4 is 24.5 Å². The first-order chi connectivity index (χ1) is 11.1. The number of carbonyl (C=O) groups is 2. The zero-order valence-corrected chi connectivity index (χ0v) is 14.2. The fourth-order valence-corrected chi connectivity index (χ4v) is 3.31. The molecule has 4 nitrogen and oxygen atoms in total. The third-order valence-corrected chi connectivity index (χ3v) is 4.83. The van der Waals surface area contributed by atoms with Crippen molar-refractivity contribution in [3.63, 3.8) is 0 Å². The highest BCUT2D eigenvalue weighted by Gasteiger charge is 2.24. The van der Waals surface area contributed by atoms with Gasteiger partial charge in [-0.2, -0.15) is 12.6 Å². The van der Waals surface area contributed by atoms with E-state index in [4.69, 9.17) is 0 Å². The number of carboxylic acids is 1. The van der Waals surface area contributed by atoms with E-state index < -0.39 is 12.0 Å². The van der Waals surface area contributed by atoms with Gasteiger partial charge in [0.2, 0.25) is 5.91 Å². The number of benzene rings is 1. The molecule has 0 saturated carbocycles. The minimum Gasteiger partial charge on any atom is -0.480 e. The number of hydrogen-bond donors (Lipinski definition) is 3. The molecule has 2 atom stereocenters. The average Bonchev–Trinajstić information content (AvgIpc) is 2.54. The highest BCUT2D eigenvalue weighted by atomic mass is 32.1. The van der Waals surface area contributed by atoms with Gasteiger partial charge in [-0.15, -0.1) is 0 Å². The number of aryl methyl sites for hydroxylation is 1. The Kier molecular flexibility index (Phi) is 6.96. The monoisotopic (exact) mass is 335 g/mol. The van der Waals surface area contributed by atoms with Gasteiger partial charge in [0.05, 0.1) is 5.92 Å². The molecular formula is C18H25NO3S. The largest absolute Gasteiger partial charge is 0.480 e. The number of rotatable bonds is 2. The van der Waals surface area contributed by atoms with Gasteiger partial charge < -0.3 is 10.4 Å². The summed E-state index contributed by atoms with van der Waals surface area (Å²) in [5.41, 5.74) is 2.42. The number of aliphatic carboxylic acids is 1. The second-order valence-corrected chi connectivity index (χ2v) is 6.62. The zero-order chi connectivity index (χ0) is 16.7. The number of carboxylic acid groups (broad SMARTS) is 1. The van der Waals surface area contributed by atoms with Gasteiger partial charge in [-0.3, -0.25) is 4.79 Å². The molecule has 0 radical (unpaired) electrons. The van der Waals surface area contributed by atoms with Crippen LogP contribution in [0.2, 0.25) is 0 Å². The molecule has 0 spiro atoms. The molecule has 1 amide bonds. The van der Waals surface area contributed by atoms with Gasteiger partial charge >= 0.3 is 5.97 Å². The third-order valence-electron chi connectivity index (χ3n) is 4.39. The molecule has 2 bridgehead atoms. The summed E-state index contributed by atoms with van der Waals surface area (Å²) in [6.45, 7) is 0. The van der Waals surface area contributed by atoms with Crippen LogP contribution in [0, 0.1) is 5.92 Å². The summed E-state index contributed by atoms with van der Waals surface area (Å²) in [7, 11) is 0. The maximum absolute atomic E-state index is 12.4. The first-order valence-corrected chi connectivity index (χ1v) is 8.95. The Morgan fingerprint density at radius 1 is 1.22 bits per heavy atom. The van der Waals surface area contributed by atoms with Crippen molar-refractivity contribution in [3.05, 3.63) is 35.4 Å². The van der Waals surface area contributed by atoms with E-state index in [0.29, 0.717) is 18.6 Å². The second-order valence-electron chi connectivity index (χ2n) is 6.26. The molecule has 1 aromatic rings. The summed E-state index contributed by atoms with van der Waals surface area (Å²) in [6.07, 6.45) is 6.14. The molecule has 2 rings (SSSR count). The van der Waals surface area contributed by atoms with Crippen LogP contribution >= 0.6 is 12.6 Å². The van der Waals surface area contributed by atoms with E-state index in [9.17, 15) is 14.7 Å². The van der Waals surface area contributed by atoms with E-state index in [0.717, 1.165) is 37.7 Å². The fraction of sp³-hybridized carbons (Fsp3) is 0.556. The van der Waals surface area contributed by atoms with E-state index in [1.165, 1.54) is 5.56 Å². The quantitative estimate of drug-likeness (QED) is 0.728. The number of hydrogen-bond acceptors (Lipinski definition) is 3. The van der Waals surface area contributed by atoms with Crippen LogP contribution in [-0.2, 0) is 22.4 Å². The Hall–Kier alpha value is -1.49. The molecule has 1 aliphatic heterocycles. The van der Waals surface area contributed by atoms with E-state index in [2.05, 4.69) is 30.1 Å². The van der Waals surface area contributed by atoms with E-state index >= 15 is 0 Å². The summed E-state index contributed by atoms with van der Waals surface area (Å²) in [6, 6.07) is 7.55. The van der Waals surface area contributed by atoms with Crippen LogP contribution in [0.4, 0.5) is 0 Å². The lowest BCUT2D eigenvalue weighted by Gasteiger charge is -2.20. The van der Waals surface area contributed by atoms with Crippen molar-refractivity contribution in [2.45, 2.75) is 51.0 Å². The van der Waals surface area contributed by atoms with E-state index in [1.807, 2.05) is 12.1 Å². The van der Waals surface area contributed by atoms with Crippen molar-refractivity contribution in [2.24, 2.45) is 5.92 Å². The Morgan fingerprint density at radius 2 is 1.96 bits per heavy atom. The van der Waals surface area contributed by atoms with E-state index in [1.54, 1.807) is 0 Å². The Bertz CT molecular complexity index is 547.